The van der Waals surface area contributed by atoms with E-state index in [1.54, 1.807) is 0 Å². The SMILES string of the molecule is Cc1ccccc1CN1CCC(NC(=O)CNCC2CC2)CC1.Cl.Cl. The monoisotopic (exact) mass is 387 g/mol. The number of piperidine rings is 1. The Morgan fingerprint density at radius 2 is 1.80 bits per heavy atom. The lowest BCUT2D eigenvalue weighted by atomic mass is 10.0. The van der Waals surface area contributed by atoms with Crippen LogP contribution in [0.5, 0.6) is 0 Å². The lowest BCUT2D eigenvalue weighted by molar-refractivity contribution is -0.121. The fraction of sp³-hybridized carbons (Fsp3) is 0.632. The van der Waals surface area contributed by atoms with Gasteiger partial charge in [-0.1, -0.05) is 24.3 Å². The molecular weight excluding hydrogens is 357 g/mol. The summed E-state index contributed by atoms with van der Waals surface area (Å²) in [6, 6.07) is 8.95. The first kappa shape index (κ1) is 22.2. The minimum absolute atomic E-state index is 0. The first-order valence-corrected chi connectivity index (χ1v) is 8.97. The summed E-state index contributed by atoms with van der Waals surface area (Å²) in [7, 11) is 0. The predicted molar refractivity (Wildman–Crippen MR) is 108 cm³/mol. The van der Waals surface area contributed by atoms with Gasteiger partial charge in [0.15, 0.2) is 0 Å². The third-order valence-electron chi connectivity index (χ3n) is 5.02. The van der Waals surface area contributed by atoms with Gasteiger partial charge in [0, 0.05) is 25.7 Å². The molecule has 1 saturated heterocycles. The van der Waals surface area contributed by atoms with Crippen LogP contribution in [0.15, 0.2) is 24.3 Å². The molecule has 142 valence electrons. The summed E-state index contributed by atoms with van der Waals surface area (Å²) in [6.07, 6.45) is 4.77. The minimum atomic E-state index is 0. The second kappa shape index (κ2) is 11.0. The Bertz CT molecular complexity index is 529. The molecule has 0 bridgehead atoms. The van der Waals surface area contributed by atoms with Gasteiger partial charge in [-0.3, -0.25) is 9.69 Å². The van der Waals surface area contributed by atoms with Crippen molar-refractivity contribution in [3.63, 3.8) is 0 Å². The van der Waals surface area contributed by atoms with Crippen molar-refractivity contribution in [3.05, 3.63) is 35.4 Å². The number of amides is 1. The summed E-state index contributed by atoms with van der Waals surface area (Å²) in [5, 5.41) is 6.44. The van der Waals surface area contributed by atoms with E-state index in [1.165, 1.54) is 24.0 Å². The highest BCUT2D eigenvalue weighted by Gasteiger charge is 2.22. The van der Waals surface area contributed by atoms with E-state index in [4.69, 9.17) is 0 Å². The number of nitrogens with zero attached hydrogens (tertiary/aromatic N) is 1. The molecule has 0 atom stereocenters. The number of aryl methyl sites for hydroxylation is 1. The van der Waals surface area contributed by atoms with E-state index >= 15 is 0 Å². The Hall–Kier alpha value is -0.810. The topological polar surface area (TPSA) is 44.4 Å². The van der Waals surface area contributed by atoms with Gasteiger partial charge in [0.25, 0.3) is 0 Å². The van der Waals surface area contributed by atoms with Crippen LogP contribution in [0, 0.1) is 12.8 Å². The molecule has 2 fully saturated rings. The van der Waals surface area contributed by atoms with E-state index in [2.05, 4.69) is 46.7 Å². The molecule has 4 nitrogen and oxygen atoms in total. The Labute approximate surface area is 163 Å². The number of carbonyl (C=O) groups excluding carboxylic acids is 1. The van der Waals surface area contributed by atoms with Crippen LogP contribution in [0.25, 0.3) is 0 Å². The molecule has 1 aromatic carbocycles. The van der Waals surface area contributed by atoms with Gasteiger partial charge >= 0.3 is 0 Å². The van der Waals surface area contributed by atoms with Crippen LogP contribution in [0.2, 0.25) is 0 Å². The van der Waals surface area contributed by atoms with Crippen molar-refractivity contribution < 1.29 is 4.79 Å². The summed E-state index contributed by atoms with van der Waals surface area (Å²) >= 11 is 0. The number of likely N-dealkylation sites (tertiary alicyclic amines) is 1. The van der Waals surface area contributed by atoms with Crippen molar-refractivity contribution in [2.75, 3.05) is 26.2 Å². The van der Waals surface area contributed by atoms with Crippen LogP contribution >= 0.6 is 24.8 Å². The van der Waals surface area contributed by atoms with Gasteiger partial charge in [-0.15, -0.1) is 24.8 Å². The van der Waals surface area contributed by atoms with Gasteiger partial charge in [-0.25, -0.2) is 0 Å². The second-order valence-corrected chi connectivity index (χ2v) is 7.12. The molecule has 25 heavy (non-hydrogen) atoms. The molecule has 1 amide bonds. The van der Waals surface area contributed by atoms with E-state index in [-0.39, 0.29) is 30.7 Å². The van der Waals surface area contributed by atoms with Gasteiger partial charge in [-0.05, 0) is 56.2 Å². The van der Waals surface area contributed by atoms with Crippen LogP contribution in [-0.2, 0) is 11.3 Å². The number of hydrogen-bond acceptors (Lipinski definition) is 3. The van der Waals surface area contributed by atoms with E-state index in [0.29, 0.717) is 12.6 Å². The maximum atomic E-state index is 11.9. The van der Waals surface area contributed by atoms with E-state index < -0.39 is 0 Å². The number of rotatable bonds is 7. The summed E-state index contributed by atoms with van der Waals surface area (Å²) in [5.74, 6) is 0.982. The molecule has 2 N–H and O–H groups in total. The standard InChI is InChI=1S/C19H29N3O.2ClH/c1-15-4-2-3-5-17(15)14-22-10-8-18(9-11-22)21-19(23)13-20-12-16-6-7-16;;/h2-5,16,18,20H,6-14H2,1H3,(H,21,23);2*1H. The van der Waals surface area contributed by atoms with Crippen LogP contribution in [0.3, 0.4) is 0 Å². The molecule has 0 spiro atoms. The normalized spacial score (nSPS) is 18.1. The van der Waals surface area contributed by atoms with Crippen molar-refractivity contribution >= 4 is 30.7 Å². The largest absolute Gasteiger partial charge is 0.352 e. The number of carbonyl (C=O) groups is 1. The van der Waals surface area contributed by atoms with Crippen molar-refractivity contribution in [2.24, 2.45) is 5.92 Å². The van der Waals surface area contributed by atoms with E-state index in [1.807, 2.05) is 0 Å². The third kappa shape index (κ3) is 7.53. The van der Waals surface area contributed by atoms with Gasteiger partial charge in [0.1, 0.15) is 0 Å². The number of halogens is 2. The van der Waals surface area contributed by atoms with Gasteiger partial charge in [-0.2, -0.15) is 0 Å². The Balaban J connectivity index is 0.00000156. The molecule has 6 heteroatoms. The van der Waals surface area contributed by atoms with Crippen molar-refractivity contribution in [3.8, 4) is 0 Å². The summed E-state index contributed by atoms with van der Waals surface area (Å²) in [5.41, 5.74) is 2.78. The highest BCUT2D eigenvalue weighted by atomic mass is 35.5. The molecule has 0 aromatic heterocycles. The lowest BCUT2D eigenvalue weighted by Gasteiger charge is -2.32. The summed E-state index contributed by atoms with van der Waals surface area (Å²) in [4.78, 5) is 14.4. The van der Waals surface area contributed by atoms with Gasteiger partial charge < -0.3 is 10.6 Å². The quantitative estimate of drug-likeness (QED) is 0.755. The van der Waals surface area contributed by atoms with Gasteiger partial charge in [0.2, 0.25) is 5.91 Å². The van der Waals surface area contributed by atoms with Crippen LogP contribution < -0.4 is 10.6 Å². The molecule has 1 heterocycles. The van der Waals surface area contributed by atoms with Crippen LogP contribution in [0.4, 0.5) is 0 Å². The van der Waals surface area contributed by atoms with Crippen molar-refractivity contribution in [1.29, 1.82) is 0 Å². The van der Waals surface area contributed by atoms with Crippen molar-refractivity contribution in [1.82, 2.24) is 15.5 Å². The number of benzene rings is 1. The fourth-order valence-electron chi connectivity index (χ4n) is 3.25. The predicted octanol–water partition coefficient (Wildman–Crippen LogP) is 2.92. The molecular formula is C19H31Cl2N3O. The number of nitrogens with one attached hydrogen (secondary N) is 2. The number of hydrogen-bond donors (Lipinski definition) is 2. The molecule has 0 radical (unpaired) electrons. The molecule has 0 unspecified atom stereocenters. The zero-order valence-corrected chi connectivity index (χ0v) is 16.6. The first-order chi connectivity index (χ1) is 11.2. The molecule has 1 saturated carbocycles. The third-order valence-corrected chi connectivity index (χ3v) is 5.02. The zero-order valence-electron chi connectivity index (χ0n) is 15.0. The molecule has 1 aromatic rings. The van der Waals surface area contributed by atoms with Gasteiger partial charge in [0.05, 0.1) is 6.54 Å². The lowest BCUT2D eigenvalue weighted by Crippen LogP contribution is -2.46. The molecule has 3 rings (SSSR count). The van der Waals surface area contributed by atoms with Crippen molar-refractivity contribution in [2.45, 2.75) is 45.2 Å². The maximum Gasteiger partial charge on any atom is 0.234 e. The summed E-state index contributed by atoms with van der Waals surface area (Å²) < 4.78 is 0. The van der Waals surface area contributed by atoms with Crippen LogP contribution in [0.1, 0.15) is 36.8 Å². The highest BCUT2D eigenvalue weighted by Crippen LogP contribution is 2.27. The average Bonchev–Trinajstić information content (AvgIpc) is 3.36. The highest BCUT2D eigenvalue weighted by molar-refractivity contribution is 5.85. The van der Waals surface area contributed by atoms with E-state index in [0.717, 1.165) is 44.9 Å². The molecule has 2 aliphatic rings. The average molecular weight is 388 g/mol. The Kier molecular flexibility index (Phi) is 9.80. The molecule has 1 aliphatic heterocycles. The second-order valence-electron chi connectivity index (χ2n) is 7.12. The minimum Gasteiger partial charge on any atom is -0.352 e. The first-order valence-electron chi connectivity index (χ1n) is 8.97. The van der Waals surface area contributed by atoms with Crippen LogP contribution in [-0.4, -0.2) is 43.0 Å². The Morgan fingerprint density at radius 1 is 1.12 bits per heavy atom. The smallest absolute Gasteiger partial charge is 0.234 e. The maximum absolute atomic E-state index is 11.9. The molecule has 1 aliphatic carbocycles. The zero-order chi connectivity index (χ0) is 16.1. The fourth-order valence-corrected chi connectivity index (χ4v) is 3.25. The Morgan fingerprint density at radius 3 is 2.44 bits per heavy atom. The summed E-state index contributed by atoms with van der Waals surface area (Å²) in [6.45, 7) is 6.80. The van der Waals surface area contributed by atoms with E-state index in [9.17, 15) is 4.79 Å².